The van der Waals surface area contributed by atoms with Crippen LogP contribution in [0.3, 0.4) is 0 Å². The van der Waals surface area contributed by atoms with Crippen molar-refractivity contribution in [1.82, 2.24) is 19.4 Å². The molecule has 1 saturated heterocycles. The molecule has 11 heteroatoms. The number of rotatable bonds is 6. The lowest BCUT2D eigenvalue weighted by atomic mass is 10.1. The molecule has 1 aromatic heterocycles. The van der Waals surface area contributed by atoms with Crippen LogP contribution in [0.2, 0.25) is 0 Å². The minimum atomic E-state index is -0.535. The monoisotopic (exact) mass is 473 g/mol. The van der Waals surface area contributed by atoms with Crippen molar-refractivity contribution in [3.05, 3.63) is 51.7 Å². The van der Waals surface area contributed by atoms with E-state index < -0.39 is 10.5 Å². The van der Waals surface area contributed by atoms with Crippen LogP contribution in [0.15, 0.2) is 30.5 Å². The second-order valence-electron chi connectivity index (χ2n) is 9.60. The van der Waals surface area contributed by atoms with Crippen molar-refractivity contribution in [2.75, 3.05) is 32.8 Å². The number of fused-ring (bicyclic) bond motifs is 1. The maximum absolute atomic E-state index is 12.2. The molecule has 3 heterocycles. The summed E-state index contributed by atoms with van der Waals surface area (Å²) in [6.07, 6.45) is 0.914. The number of hydrogen-bond acceptors (Lipinski definition) is 8. The number of nitrogens with zero attached hydrogens (tertiary/aromatic N) is 5. The number of nitro groups is 1. The molecular weight excluding hydrogens is 442 g/mol. The van der Waals surface area contributed by atoms with Gasteiger partial charge in [0.2, 0.25) is 0 Å². The fraction of sp³-hybridized carbons (Fsp3) is 0.565. The van der Waals surface area contributed by atoms with Crippen LogP contribution in [0.25, 0.3) is 0 Å². The van der Waals surface area contributed by atoms with E-state index in [4.69, 9.17) is 14.2 Å². The van der Waals surface area contributed by atoms with Gasteiger partial charge in [-0.2, -0.15) is 0 Å². The van der Waals surface area contributed by atoms with E-state index in [-0.39, 0.29) is 24.0 Å². The van der Waals surface area contributed by atoms with Crippen LogP contribution < -0.4 is 4.74 Å². The van der Waals surface area contributed by atoms with Crippen molar-refractivity contribution in [1.29, 1.82) is 0 Å². The molecule has 1 fully saturated rings. The van der Waals surface area contributed by atoms with E-state index in [2.05, 4.69) is 22.0 Å². The Hall–Kier alpha value is -3.18. The summed E-state index contributed by atoms with van der Waals surface area (Å²) in [4.78, 5) is 30.5. The van der Waals surface area contributed by atoms with Gasteiger partial charge in [0, 0.05) is 37.7 Å². The summed E-state index contributed by atoms with van der Waals surface area (Å²) >= 11 is 0. The molecule has 0 saturated carbocycles. The van der Waals surface area contributed by atoms with Gasteiger partial charge in [0.15, 0.2) is 0 Å². The van der Waals surface area contributed by atoms with Crippen LogP contribution in [0, 0.1) is 10.1 Å². The van der Waals surface area contributed by atoms with E-state index in [9.17, 15) is 14.9 Å². The van der Waals surface area contributed by atoms with Crippen molar-refractivity contribution in [2.45, 2.75) is 52.2 Å². The summed E-state index contributed by atoms with van der Waals surface area (Å²) in [7, 11) is 0. The van der Waals surface area contributed by atoms with E-state index in [0.29, 0.717) is 32.8 Å². The molecule has 1 atom stereocenters. The summed E-state index contributed by atoms with van der Waals surface area (Å²) in [5, 5.41) is 10.9. The molecule has 0 N–H and O–H groups in total. The Morgan fingerprint density at radius 3 is 2.50 bits per heavy atom. The number of piperazine rings is 1. The van der Waals surface area contributed by atoms with Crippen LogP contribution in [0.5, 0.6) is 6.01 Å². The van der Waals surface area contributed by atoms with Gasteiger partial charge in [-0.15, -0.1) is 0 Å². The fourth-order valence-corrected chi connectivity index (χ4v) is 3.89. The van der Waals surface area contributed by atoms with Gasteiger partial charge in [-0.25, -0.2) is 4.79 Å². The normalized spacial score (nSPS) is 18.8. The van der Waals surface area contributed by atoms with Crippen LogP contribution in [-0.4, -0.2) is 74.9 Å². The van der Waals surface area contributed by atoms with E-state index >= 15 is 0 Å². The first-order valence-electron chi connectivity index (χ1n) is 11.4. The summed E-state index contributed by atoms with van der Waals surface area (Å²) in [6.45, 7) is 10.6. The van der Waals surface area contributed by atoms with E-state index in [1.165, 1.54) is 11.8 Å². The number of carbonyl (C=O) groups is 1. The van der Waals surface area contributed by atoms with Gasteiger partial charge in [-0.1, -0.05) is 24.3 Å². The molecule has 4 rings (SSSR count). The third kappa shape index (κ3) is 6.23. The predicted molar refractivity (Wildman–Crippen MR) is 122 cm³/mol. The van der Waals surface area contributed by atoms with Gasteiger partial charge in [-0.3, -0.25) is 9.47 Å². The Labute approximate surface area is 198 Å². The highest BCUT2D eigenvalue weighted by Crippen LogP contribution is 2.23. The van der Waals surface area contributed by atoms with E-state index in [0.717, 1.165) is 25.2 Å². The lowest BCUT2D eigenvalue weighted by Gasteiger charge is -2.35. The number of hydrogen-bond donors (Lipinski definition) is 0. The first-order valence-corrected chi connectivity index (χ1v) is 11.4. The molecule has 2 aliphatic rings. The summed E-state index contributed by atoms with van der Waals surface area (Å²) in [5.74, 6) is -0.225. The fourth-order valence-electron chi connectivity index (χ4n) is 3.89. The predicted octanol–water partition coefficient (Wildman–Crippen LogP) is 2.82. The number of ether oxygens (including phenoxy) is 3. The minimum absolute atomic E-state index is 0.206. The zero-order chi connectivity index (χ0) is 24.3. The van der Waals surface area contributed by atoms with Gasteiger partial charge in [0.05, 0.1) is 13.2 Å². The van der Waals surface area contributed by atoms with E-state index in [1.54, 1.807) is 9.47 Å². The summed E-state index contributed by atoms with van der Waals surface area (Å²) in [6, 6.07) is 8.52. The lowest BCUT2D eigenvalue weighted by Crippen LogP contribution is -2.49. The van der Waals surface area contributed by atoms with Gasteiger partial charge in [0.1, 0.15) is 24.5 Å². The van der Waals surface area contributed by atoms with Gasteiger partial charge >= 0.3 is 17.9 Å². The highest BCUT2D eigenvalue weighted by atomic mass is 16.6. The first-order chi connectivity index (χ1) is 16.2. The zero-order valence-corrected chi connectivity index (χ0v) is 19.8. The molecule has 184 valence electrons. The van der Waals surface area contributed by atoms with Gasteiger partial charge < -0.3 is 29.2 Å². The minimum Gasteiger partial charge on any atom is -0.444 e. The Morgan fingerprint density at radius 2 is 1.85 bits per heavy atom. The average Bonchev–Trinajstić information content (AvgIpc) is 3.22. The second-order valence-corrected chi connectivity index (χ2v) is 9.60. The maximum Gasteiger partial charge on any atom is 0.414 e. The number of aromatic nitrogens is 2. The summed E-state index contributed by atoms with van der Waals surface area (Å²) < 4.78 is 18.5. The second kappa shape index (κ2) is 9.98. The maximum atomic E-state index is 12.2. The van der Waals surface area contributed by atoms with Crippen molar-refractivity contribution in [3.63, 3.8) is 0 Å². The number of imidazole rings is 1. The quantitative estimate of drug-likeness (QED) is 0.465. The molecule has 0 radical (unpaired) electrons. The van der Waals surface area contributed by atoms with Gasteiger partial charge in [0.25, 0.3) is 0 Å². The Balaban J connectivity index is 1.20. The van der Waals surface area contributed by atoms with Crippen LogP contribution in [0.1, 0.15) is 31.9 Å². The molecule has 1 amide bonds. The van der Waals surface area contributed by atoms with E-state index in [1.807, 2.05) is 32.9 Å². The molecule has 0 bridgehead atoms. The van der Waals surface area contributed by atoms with Crippen molar-refractivity contribution < 1.29 is 23.9 Å². The van der Waals surface area contributed by atoms with Crippen molar-refractivity contribution in [2.24, 2.45) is 0 Å². The topological polar surface area (TPSA) is 112 Å². The molecule has 2 aliphatic heterocycles. The van der Waals surface area contributed by atoms with Crippen molar-refractivity contribution >= 4 is 11.9 Å². The lowest BCUT2D eigenvalue weighted by molar-refractivity contribution is -0.389. The highest BCUT2D eigenvalue weighted by Gasteiger charge is 2.28. The Kier molecular flexibility index (Phi) is 7.03. The average molecular weight is 474 g/mol. The SMILES string of the molecule is CC(C)(C)OC(=O)N1CCN(Cc2ccc(COC3COc4nc([N+](=O)[O-])cn4C3)cc2)CC1. The Morgan fingerprint density at radius 1 is 1.18 bits per heavy atom. The third-order valence-electron chi connectivity index (χ3n) is 5.65. The molecule has 0 aliphatic carbocycles. The van der Waals surface area contributed by atoms with Gasteiger partial charge in [-0.05, 0) is 36.8 Å². The standard InChI is InChI=1S/C23H31N5O6/c1-23(2,3)34-22(29)26-10-8-25(9-11-26)12-17-4-6-18(7-5-17)15-32-19-13-27-14-20(28(30)31)24-21(27)33-16-19/h4-7,14,19H,8-13,15-16H2,1-3H3. The molecule has 1 unspecified atom stereocenters. The highest BCUT2D eigenvalue weighted by molar-refractivity contribution is 5.68. The number of amides is 1. The molecule has 2 aromatic rings. The molecule has 0 spiro atoms. The number of carbonyl (C=O) groups excluding carboxylic acids is 1. The Bertz CT molecular complexity index is 1010. The number of benzene rings is 1. The van der Waals surface area contributed by atoms with Crippen LogP contribution in [-0.2, 0) is 29.2 Å². The van der Waals surface area contributed by atoms with Crippen LogP contribution >= 0.6 is 0 Å². The van der Waals surface area contributed by atoms with Crippen LogP contribution in [0.4, 0.5) is 10.6 Å². The molecule has 34 heavy (non-hydrogen) atoms. The smallest absolute Gasteiger partial charge is 0.414 e. The first kappa shape index (κ1) is 24.0. The molecular formula is C23H31N5O6. The third-order valence-corrected chi connectivity index (χ3v) is 5.65. The van der Waals surface area contributed by atoms with Crippen molar-refractivity contribution in [3.8, 4) is 6.01 Å². The largest absolute Gasteiger partial charge is 0.444 e. The molecule has 1 aromatic carbocycles. The molecule has 11 nitrogen and oxygen atoms in total. The zero-order valence-electron chi connectivity index (χ0n) is 19.8. The summed E-state index contributed by atoms with van der Waals surface area (Å²) in [5.41, 5.74) is 1.76.